The van der Waals surface area contributed by atoms with E-state index in [4.69, 9.17) is 11.6 Å². The maximum absolute atomic E-state index is 6.32. The van der Waals surface area contributed by atoms with Crippen molar-refractivity contribution >= 4 is 23.4 Å². The van der Waals surface area contributed by atoms with E-state index in [1.165, 1.54) is 29.9 Å². The van der Waals surface area contributed by atoms with Crippen LogP contribution in [0.5, 0.6) is 0 Å². The summed E-state index contributed by atoms with van der Waals surface area (Å²) >= 11 is 8.35. The van der Waals surface area contributed by atoms with Gasteiger partial charge in [-0.25, -0.2) is 0 Å². The van der Waals surface area contributed by atoms with Crippen LogP contribution in [0, 0.1) is 5.92 Å². The molecule has 0 aromatic heterocycles. The zero-order valence-electron chi connectivity index (χ0n) is 13.9. The molecule has 0 aliphatic heterocycles. The lowest BCUT2D eigenvalue weighted by molar-refractivity contribution is 0.355. The number of nitrogens with one attached hydrogen (secondary N) is 1. The number of hydrogen-bond donors (Lipinski definition) is 1. The molecule has 1 nitrogen and oxygen atoms in total. The summed E-state index contributed by atoms with van der Waals surface area (Å²) in [7, 11) is 0. The molecule has 1 N–H and O–H groups in total. The van der Waals surface area contributed by atoms with Gasteiger partial charge in [-0.05, 0) is 75.6 Å². The smallest absolute Gasteiger partial charge is 0.0438 e. The zero-order chi connectivity index (χ0) is 15.7. The van der Waals surface area contributed by atoms with Gasteiger partial charge in [-0.2, -0.15) is 11.8 Å². The van der Waals surface area contributed by atoms with Crippen LogP contribution in [0.2, 0.25) is 5.02 Å². The number of thioether (sulfide) groups is 1. The molecular formula is C18H30ClNS. The Kier molecular flexibility index (Phi) is 8.77. The molecule has 1 aromatic rings. The molecule has 0 saturated carbocycles. The third-order valence-corrected chi connectivity index (χ3v) is 4.85. The lowest BCUT2D eigenvalue weighted by Gasteiger charge is -2.25. The van der Waals surface area contributed by atoms with Crippen molar-refractivity contribution in [3.63, 3.8) is 0 Å². The van der Waals surface area contributed by atoms with Crippen molar-refractivity contribution in [2.24, 2.45) is 5.92 Å². The minimum Gasteiger partial charge on any atom is -0.312 e. The Morgan fingerprint density at radius 3 is 2.57 bits per heavy atom. The maximum Gasteiger partial charge on any atom is 0.0438 e. The second kappa shape index (κ2) is 9.76. The average molecular weight is 328 g/mol. The first-order valence-electron chi connectivity index (χ1n) is 7.98. The van der Waals surface area contributed by atoms with E-state index in [1.54, 1.807) is 0 Å². The van der Waals surface area contributed by atoms with E-state index in [2.05, 4.69) is 45.1 Å². The van der Waals surface area contributed by atoms with Crippen LogP contribution in [0.25, 0.3) is 0 Å². The van der Waals surface area contributed by atoms with Gasteiger partial charge in [0.1, 0.15) is 0 Å². The van der Waals surface area contributed by atoms with Crippen LogP contribution < -0.4 is 5.32 Å². The molecule has 0 bridgehead atoms. The summed E-state index contributed by atoms with van der Waals surface area (Å²) in [6.07, 6.45) is 3.63. The fraction of sp³-hybridized carbons (Fsp3) is 0.667. The molecule has 0 amide bonds. The van der Waals surface area contributed by atoms with E-state index in [9.17, 15) is 0 Å². The summed E-state index contributed by atoms with van der Waals surface area (Å²) in [5.41, 5.74) is 1.46. The van der Waals surface area contributed by atoms with Crippen molar-refractivity contribution in [3.05, 3.63) is 34.9 Å². The third-order valence-electron chi connectivity index (χ3n) is 3.49. The Labute approximate surface area is 140 Å². The van der Waals surface area contributed by atoms with Gasteiger partial charge in [-0.15, -0.1) is 0 Å². The summed E-state index contributed by atoms with van der Waals surface area (Å²) < 4.78 is 0. The Hall–Kier alpha value is -0.180. The van der Waals surface area contributed by atoms with E-state index in [-0.39, 0.29) is 5.54 Å². The molecule has 120 valence electrons. The quantitative estimate of drug-likeness (QED) is 0.608. The highest BCUT2D eigenvalue weighted by molar-refractivity contribution is 7.99. The van der Waals surface area contributed by atoms with Crippen molar-refractivity contribution in [3.8, 4) is 0 Å². The molecule has 0 fully saturated rings. The summed E-state index contributed by atoms with van der Waals surface area (Å²) in [6, 6.07) is 8.25. The molecule has 1 rings (SSSR count). The number of hydrogen-bond acceptors (Lipinski definition) is 2. The van der Waals surface area contributed by atoms with Crippen LogP contribution in [-0.4, -0.2) is 23.6 Å². The topological polar surface area (TPSA) is 12.0 Å². The molecule has 0 spiro atoms. The molecule has 0 radical (unpaired) electrons. The molecule has 3 heteroatoms. The van der Waals surface area contributed by atoms with Crippen LogP contribution >= 0.6 is 23.4 Å². The number of benzene rings is 1. The van der Waals surface area contributed by atoms with Crippen LogP contribution in [0.4, 0.5) is 0 Å². The van der Waals surface area contributed by atoms with Crippen molar-refractivity contribution in [2.75, 3.05) is 18.1 Å². The van der Waals surface area contributed by atoms with E-state index in [0.29, 0.717) is 5.92 Å². The highest BCUT2D eigenvalue weighted by Gasteiger charge is 2.15. The maximum atomic E-state index is 6.32. The molecular weight excluding hydrogens is 298 g/mol. The van der Waals surface area contributed by atoms with E-state index < -0.39 is 0 Å². The first-order chi connectivity index (χ1) is 9.92. The molecule has 1 aromatic carbocycles. The van der Waals surface area contributed by atoms with Gasteiger partial charge < -0.3 is 5.32 Å². The minimum absolute atomic E-state index is 0.177. The normalized spacial score (nSPS) is 13.4. The zero-order valence-corrected chi connectivity index (χ0v) is 15.5. The fourth-order valence-electron chi connectivity index (χ4n) is 2.32. The summed E-state index contributed by atoms with van der Waals surface area (Å²) in [6.45, 7) is 9.98. The van der Waals surface area contributed by atoms with Gasteiger partial charge in [-0.1, -0.05) is 36.7 Å². The van der Waals surface area contributed by atoms with Gasteiger partial charge in [0.2, 0.25) is 0 Å². The van der Waals surface area contributed by atoms with Crippen LogP contribution in [0.3, 0.4) is 0 Å². The molecule has 0 heterocycles. The van der Waals surface area contributed by atoms with Gasteiger partial charge in [0.15, 0.2) is 0 Å². The number of halogens is 1. The minimum atomic E-state index is 0.177. The Morgan fingerprint density at radius 2 is 1.95 bits per heavy atom. The van der Waals surface area contributed by atoms with Gasteiger partial charge in [0.25, 0.3) is 0 Å². The number of rotatable bonds is 9. The lowest BCUT2D eigenvalue weighted by atomic mass is 9.94. The van der Waals surface area contributed by atoms with Crippen molar-refractivity contribution < 1.29 is 0 Å². The molecule has 1 unspecified atom stereocenters. The van der Waals surface area contributed by atoms with Gasteiger partial charge in [0.05, 0.1) is 0 Å². The van der Waals surface area contributed by atoms with E-state index >= 15 is 0 Å². The molecule has 0 aliphatic rings. The SMILES string of the molecule is CCSCCCC(CNC(C)(C)C)Cc1ccccc1Cl. The first kappa shape index (κ1) is 18.9. The monoisotopic (exact) mass is 327 g/mol. The van der Waals surface area contributed by atoms with Crippen LogP contribution in [0.1, 0.15) is 46.1 Å². The molecule has 1 atom stereocenters. The third kappa shape index (κ3) is 8.75. The second-order valence-corrected chi connectivity index (χ2v) is 8.43. The highest BCUT2D eigenvalue weighted by atomic mass is 35.5. The highest BCUT2D eigenvalue weighted by Crippen LogP contribution is 2.22. The summed E-state index contributed by atoms with van der Waals surface area (Å²) in [5.74, 6) is 3.14. The molecule has 0 saturated heterocycles. The Balaban J connectivity index is 2.56. The van der Waals surface area contributed by atoms with Crippen LogP contribution in [-0.2, 0) is 6.42 Å². The summed E-state index contributed by atoms with van der Waals surface area (Å²) in [4.78, 5) is 0. The van der Waals surface area contributed by atoms with Crippen molar-refractivity contribution in [1.29, 1.82) is 0 Å². The Morgan fingerprint density at radius 1 is 1.24 bits per heavy atom. The van der Waals surface area contributed by atoms with Crippen molar-refractivity contribution in [1.82, 2.24) is 5.32 Å². The molecule has 21 heavy (non-hydrogen) atoms. The van der Waals surface area contributed by atoms with E-state index in [1.807, 2.05) is 23.9 Å². The van der Waals surface area contributed by atoms with Crippen molar-refractivity contribution in [2.45, 2.75) is 52.5 Å². The first-order valence-corrected chi connectivity index (χ1v) is 9.52. The second-order valence-electron chi connectivity index (χ2n) is 6.63. The Bertz CT molecular complexity index is 400. The fourth-order valence-corrected chi connectivity index (χ4v) is 3.19. The van der Waals surface area contributed by atoms with Gasteiger partial charge in [-0.3, -0.25) is 0 Å². The standard InChI is InChI=1S/C18H30ClNS/c1-5-21-12-8-9-15(14-20-18(2,3)4)13-16-10-6-7-11-17(16)19/h6-7,10-11,15,20H,5,8-9,12-14H2,1-4H3. The lowest BCUT2D eigenvalue weighted by Crippen LogP contribution is -2.39. The summed E-state index contributed by atoms with van der Waals surface area (Å²) in [5, 5.41) is 4.56. The van der Waals surface area contributed by atoms with E-state index in [0.717, 1.165) is 18.0 Å². The average Bonchev–Trinajstić information content (AvgIpc) is 2.42. The largest absolute Gasteiger partial charge is 0.312 e. The predicted molar refractivity (Wildman–Crippen MR) is 98.6 cm³/mol. The van der Waals surface area contributed by atoms with Crippen LogP contribution in [0.15, 0.2) is 24.3 Å². The predicted octanol–water partition coefficient (Wildman–Crippen LogP) is 5.42. The van der Waals surface area contributed by atoms with Gasteiger partial charge >= 0.3 is 0 Å². The van der Waals surface area contributed by atoms with Gasteiger partial charge in [0, 0.05) is 10.6 Å². The molecule has 0 aliphatic carbocycles.